The lowest BCUT2D eigenvalue weighted by Crippen LogP contribution is -2.50. The summed E-state index contributed by atoms with van der Waals surface area (Å²) in [5.41, 5.74) is 4.71. The summed E-state index contributed by atoms with van der Waals surface area (Å²) < 4.78 is 35.8. The minimum absolute atomic E-state index is 0.00416. The zero-order valence-corrected chi connectivity index (χ0v) is 32.1. The smallest absolute Gasteiger partial charge is 0.410 e. The molecule has 0 N–H and O–H groups in total. The maximum atomic E-state index is 16.1. The van der Waals surface area contributed by atoms with Crippen molar-refractivity contribution in [2.24, 2.45) is 18.9 Å². The van der Waals surface area contributed by atoms with Crippen LogP contribution < -0.4 is 9.47 Å². The normalized spacial score (nSPS) is 17.5. The Hall–Kier alpha value is -5.71. The van der Waals surface area contributed by atoms with Gasteiger partial charge in [0.1, 0.15) is 30.3 Å². The number of hydrogen-bond acceptors (Lipinski definition) is 7. The number of hydrogen-bond donors (Lipinski definition) is 0. The van der Waals surface area contributed by atoms with Gasteiger partial charge in [-0.25, -0.2) is 9.18 Å². The van der Waals surface area contributed by atoms with Crippen LogP contribution in [0.25, 0.3) is 27.7 Å². The van der Waals surface area contributed by atoms with Gasteiger partial charge in [0.05, 0.1) is 11.1 Å². The van der Waals surface area contributed by atoms with Crippen molar-refractivity contribution < 1.29 is 28.2 Å². The molecule has 2 aliphatic heterocycles. The Morgan fingerprint density at radius 2 is 1.56 bits per heavy atom. The second-order valence-electron chi connectivity index (χ2n) is 15.4. The van der Waals surface area contributed by atoms with Gasteiger partial charge < -0.3 is 24.0 Å². The molecule has 0 radical (unpaired) electrons. The average molecular weight is 746 g/mol. The number of carbonyl (C=O) groups excluding carboxylic acids is 2. The van der Waals surface area contributed by atoms with Gasteiger partial charge in [0, 0.05) is 56.2 Å². The Labute approximate surface area is 321 Å². The van der Waals surface area contributed by atoms with Gasteiger partial charge in [-0.1, -0.05) is 73.7 Å². The number of aryl methyl sites for hydroxylation is 1. The molecule has 0 aliphatic carbocycles. The number of nitrogens with zero attached hydrogens (tertiary/aromatic N) is 5. The maximum absolute atomic E-state index is 16.1. The summed E-state index contributed by atoms with van der Waals surface area (Å²) in [7, 11) is 1.84. The molecule has 3 aromatic carbocycles. The summed E-state index contributed by atoms with van der Waals surface area (Å²) in [5, 5.41) is 5.47. The van der Waals surface area contributed by atoms with Gasteiger partial charge in [-0.15, -0.1) is 0 Å². The minimum Gasteiger partial charge on any atom is -0.473 e. The van der Waals surface area contributed by atoms with Gasteiger partial charge in [-0.2, -0.15) is 10.1 Å². The van der Waals surface area contributed by atoms with Crippen LogP contribution in [0.2, 0.25) is 0 Å². The highest BCUT2D eigenvalue weighted by Gasteiger charge is 2.37. The number of aromatic nitrogens is 3. The topological polar surface area (TPSA) is 99.0 Å². The fourth-order valence-electron chi connectivity index (χ4n) is 7.33. The molecule has 2 atom stereocenters. The van der Waals surface area contributed by atoms with Gasteiger partial charge in [0.2, 0.25) is 17.7 Å². The van der Waals surface area contributed by atoms with Crippen LogP contribution in [-0.4, -0.2) is 68.3 Å². The molecule has 0 saturated carbocycles. The SMILES string of the molecule is C[C@@H]1CN(C(=O)OC(C)(C)C)CC[C@@H]1C(=O)N1CC=C(c2cc3c(cc2F)c(-c2ccc(OCc4ccccc4)nc2OCc2ccccc2)nn3C)CC1. The Morgan fingerprint density at radius 1 is 0.873 bits per heavy atom. The second-order valence-corrected chi connectivity index (χ2v) is 15.4. The summed E-state index contributed by atoms with van der Waals surface area (Å²) in [4.78, 5) is 34.6. The fraction of sp³-hybridized carbons (Fsp3) is 0.364. The summed E-state index contributed by atoms with van der Waals surface area (Å²) in [6.07, 6.45) is 2.72. The molecule has 7 rings (SSSR count). The Bertz CT molecular complexity index is 2200. The molecule has 2 aliphatic rings. The number of amides is 2. The number of likely N-dealkylation sites (tertiary alicyclic amines) is 1. The molecule has 2 amide bonds. The number of halogens is 1. The van der Waals surface area contributed by atoms with Crippen LogP contribution in [0.3, 0.4) is 0 Å². The molecule has 286 valence electrons. The molecule has 0 bridgehead atoms. The van der Waals surface area contributed by atoms with Crippen molar-refractivity contribution in [1.82, 2.24) is 24.6 Å². The van der Waals surface area contributed by atoms with E-state index in [-0.39, 0.29) is 36.3 Å². The Morgan fingerprint density at radius 3 is 2.20 bits per heavy atom. The molecule has 0 spiro atoms. The van der Waals surface area contributed by atoms with Crippen molar-refractivity contribution in [2.75, 3.05) is 26.2 Å². The van der Waals surface area contributed by atoms with E-state index >= 15 is 4.39 Å². The summed E-state index contributed by atoms with van der Waals surface area (Å²) in [5.74, 6) is 0.267. The van der Waals surface area contributed by atoms with E-state index in [1.165, 1.54) is 6.07 Å². The van der Waals surface area contributed by atoms with Crippen molar-refractivity contribution in [3.8, 4) is 23.0 Å². The number of benzene rings is 3. The van der Waals surface area contributed by atoms with Crippen LogP contribution in [0.5, 0.6) is 11.8 Å². The third-order valence-corrected chi connectivity index (χ3v) is 10.2. The standard InChI is InChI=1S/C44H48FN5O5/c1-29-26-50(43(52)55-44(2,3)4)23-20-33(29)42(51)49-21-18-32(19-22-49)35-25-38-36(24-37(35)45)40(47-48(38)5)34-16-17-39(53-27-30-12-8-6-9-13-30)46-41(34)54-28-31-14-10-7-11-15-31/h6-18,24-25,29,33H,19-23,26-28H2,1-5H3/t29-,33+/m1/s1. The van der Waals surface area contributed by atoms with E-state index in [4.69, 9.17) is 24.3 Å². The number of rotatable bonds is 9. The Kier molecular flexibility index (Phi) is 10.9. The van der Waals surface area contributed by atoms with Crippen LogP contribution >= 0.6 is 0 Å². The molecular weight excluding hydrogens is 698 g/mol. The van der Waals surface area contributed by atoms with Gasteiger partial charge in [-0.3, -0.25) is 9.48 Å². The molecule has 4 heterocycles. The highest BCUT2D eigenvalue weighted by Crippen LogP contribution is 2.38. The molecule has 10 nitrogen and oxygen atoms in total. The van der Waals surface area contributed by atoms with E-state index in [0.29, 0.717) is 79.6 Å². The van der Waals surface area contributed by atoms with Gasteiger partial charge >= 0.3 is 6.09 Å². The van der Waals surface area contributed by atoms with E-state index < -0.39 is 5.60 Å². The van der Waals surface area contributed by atoms with E-state index in [2.05, 4.69) is 0 Å². The third-order valence-electron chi connectivity index (χ3n) is 10.2. The molecule has 2 aromatic heterocycles. The molecular formula is C44H48FN5O5. The van der Waals surface area contributed by atoms with E-state index in [0.717, 1.165) is 22.2 Å². The van der Waals surface area contributed by atoms with Gasteiger partial charge in [0.15, 0.2) is 0 Å². The van der Waals surface area contributed by atoms with Crippen molar-refractivity contribution in [1.29, 1.82) is 0 Å². The van der Waals surface area contributed by atoms with Crippen LogP contribution in [0.4, 0.5) is 9.18 Å². The minimum atomic E-state index is -0.572. The number of ether oxygens (including phenoxy) is 3. The highest BCUT2D eigenvalue weighted by molar-refractivity contribution is 5.96. The second kappa shape index (κ2) is 15.9. The fourth-order valence-corrected chi connectivity index (χ4v) is 7.33. The van der Waals surface area contributed by atoms with Crippen molar-refractivity contribution in [3.63, 3.8) is 0 Å². The largest absolute Gasteiger partial charge is 0.473 e. The van der Waals surface area contributed by atoms with Crippen molar-refractivity contribution in [3.05, 3.63) is 114 Å². The number of carbonyl (C=O) groups is 2. The zero-order chi connectivity index (χ0) is 38.7. The number of piperidine rings is 1. The lowest BCUT2D eigenvalue weighted by molar-refractivity contribution is -0.138. The van der Waals surface area contributed by atoms with E-state index in [9.17, 15) is 9.59 Å². The summed E-state index contributed by atoms with van der Waals surface area (Å²) in [6, 6.07) is 26.7. The molecule has 0 unspecified atom stereocenters. The Balaban J connectivity index is 1.09. The summed E-state index contributed by atoms with van der Waals surface area (Å²) in [6.45, 7) is 10.0. The predicted octanol–water partition coefficient (Wildman–Crippen LogP) is 8.44. The maximum Gasteiger partial charge on any atom is 0.410 e. The van der Waals surface area contributed by atoms with Crippen LogP contribution in [-0.2, 0) is 29.8 Å². The quantitative estimate of drug-likeness (QED) is 0.149. The first-order valence-corrected chi connectivity index (χ1v) is 18.9. The van der Waals surface area contributed by atoms with Crippen molar-refractivity contribution >= 4 is 28.5 Å². The lowest BCUT2D eigenvalue weighted by Gasteiger charge is -2.39. The first-order valence-electron chi connectivity index (χ1n) is 18.9. The van der Waals surface area contributed by atoms with Gasteiger partial charge in [0.25, 0.3) is 0 Å². The zero-order valence-electron chi connectivity index (χ0n) is 32.1. The highest BCUT2D eigenvalue weighted by atomic mass is 19.1. The molecule has 11 heteroatoms. The monoisotopic (exact) mass is 745 g/mol. The van der Waals surface area contributed by atoms with Gasteiger partial charge in [-0.05, 0) is 74.4 Å². The molecule has 55 heavy (non-hydrogen) atoms. The van der Waals surface area contributed by atoms with Crippen LogP contribution in [0, 0.1) is 17.7 Å². The van der Waals surface area contributed by atoms with Crippen LogP contribution in [0.15, 0.2) is 91.0 Å². The van der Waals surface area contributed by atoms with E-state index in [1.54, 1.807) is 15.6 Å². The average Bonchev–Trinajstić information content (AvgIpc) is 3.49. The van der Waals surface area contributed by atoms with Crippen LogP contribution in [0.1, 0.15) is 57.2 Å². The number of fused-ring (bicyclic) bond motifs is 1. The van der Waals surface area contributed by atoms with Crippen molar-refractivity contribution in [2.45, 2.75) is 59.4 Å². The van der Waals surface area contributed by atoms with E-state index in [1.807, 2.05) is 119 Å². The lowest BCUT2D eigenvalue weighted by atomic mass is 9.85. The predicted molar refractivity (Wildman–Crippen MR) is 210 cm³/mol. The molecule has 1 fully saturated rings. The first-order chi connectivity index (χ1) is 26.4. The third kappa shape index (κ3) is 8.66. The molecule has 5 aromatic rings. The number of pyridine rings is 1. The molecule has 1 saturated heterocycles. The first kappa shape index (κ1) is 37.6. The summed E-state index contributed by atoms with van der Waals surface area (Å²) >= 11 is 0.